The van der Waals surface area contributed by atoms with Crippen LogP contribution in [0.2, 0.25) is 5.02 Å². The van der Waals surface area contributed by atoms with E-state index in [2.05, 4.69) is 11.0 Å². The molecule has 0 spiro atoms. The lowest BCUT2D eigenvalue weighted by atomic mass is 10.1. The summed E-state index contributed by atoms with van der Waals surface area (Å²) in [5.41, 5.74) is 0.838. The molecule has 1 aromatic carbocycles. The quantitative estimate of drug-likeness (QED) is 0.834. The van der Waals surface area contributed by atoms with E-state index in [1.807, 2.05) is 12.1 Å². The van der Waals surface area contributed by atoms with Gasteiger partial charge >= 0.3 is 0 Å². The van der Waals surface area contributed by atoms with E-state index in [0.29, 0.717) is 18.0 Å². The number of hydrogen-bond acceptors (Lipinski definition) is 3. The van der Waals surface area contributed by atoms with Gasteiger partial charge in [0.15, 0.2) is 0 Å². The van der Waals surface area contributed by atoms with Crippen LogP contribution in [0.25, 0.3) is 0 Å². The van der Waals surface area contributed by atoms with Crippen molar-refractivity contribution in [3.63, 3.8) is 0 Å². The molecule has 1 aliphatic rings. The van der Waals surface area contributed by atoms with Gasteiger partial charge in [0.1, 0.15) is 0 Å². The van der Waals surface area contributed by atoms with Crippen LogP contribution in [-0.4, -0.2) is 29.6 Å². The monoisotopic (exact) mass is 278 g/mol. The summed E-state index contributed by atoms with van der Waals surface area (Å²) in [6, 6.07) is 9.50. The zero-order chi connectivity index (χ0) is 13.7. The van der Waals surface area contributed by atoms with Gasteiger partial charge in [-0.15, -0.1) is 0 Å². The van der Waals surface area contributed by atoms with Gasteiger partial charge in [-0.3, -0.25) is 4.90 Å². The van der Waals surface area contributed by atoms with Crippen molar-refractivity contribution in [2.24, 2.45) is 5.92 Å². The molecule has 0 bridgehead atoms. The summed E-state index contributed by atoms with van der Waals surface area (Å²) in [5.74, 6) is 0.755. The zero-order valence-corrected chi connectivity index (χ0v) is 11.7. The highest BCUT2D eigenvalue weighted by molar-refractivity contribution is 6.30. The topological polar surface area (TPSA) is 47.3 Å². The number of rotatable bonds is 7. The molecule has 0 saturated heterocycles. The summed E-state index contributed by atoms with van der Waals surface area (Å²) in [6.45, 7) is 2.28. The molecule has 1 N–H and O–H groups in total. The van der Waals surface area contributed by atoms with Crippen LogP contribution in [0.4, 0.5) is 0 Å². The number of aliphatic hydroxyl groups is 1. The first-order valence-corrected chi connectivity index (χ1v) is 7.09. The molecule has 0 aliphatic heterocycles. The molecule has 3 nitrogen and oxygen atoms in total. The molecule has 4 heteroatoms. The van der Waals surface area contributed by atoms with E-state index >= 15 is 0 Å². The number of nitrogens with zero attached hydrogens (tertiary/aromatic N) is 2. The van der Waals surface area contributed by atoms with Crippen molar-refractivity contribution in [3.05, 3.63) is 34.9 Å². The minimum absolute atomic E-state index is 0.509. The van der Waals surface area contributed by atoms with Gasteiger partial charge in [-0.1, -0.05) is 23.7 Å². The van der Waals surface area contributed by atoms with Gasteiger partial charge in [0.05, 0.1) is 12.2 Å². The predicted octanol–water partition coefficient (Wildman–Crippen LogP) is 3.00. The normalized spacial score (nSPS) is 16.3. The SMILES string of the molecule is N#CCCN(CC1CC1)CC(O)c1cccc(Cl)c1. The Hall–Kier alpha value is -1.08. The molecule has 0 heterocycles. The number of halogens is 1. The fourth-order valence-corrected chi connectivity index (χ4v) is 2.39. The van der Waals surface area contributed by atoms with Crippen LogP contribution in [-0.2, 0) is 0 Å². The van der Waals surface area contributed by atoms with Crippen molar-refractivity contribution in [2.75, 3.05) is 19.6 Å². The fraction of sp³-hybridized carbons (Fsp3) is 0.533. The Morgan fingerprint density at radius 1 is 1.47 bits per heavy atom. The van der Waals surface area contributed by atoms with Crippen molar-refractivity contribution in [1.29, 1.82) is 5.26 Å². The second-order valence-corrected chi connectivity index (χ2v) is 5.62. The van der Waals surface area contributed by atoms with Crippen LogP contribution < -0.4 is 0 Å². The van der Waals surface area contributed by atoms with Crippen molar-refractivity contribution >= 4 is 11.6 Å². The zero-order valence-electron chi connectivity index (χ0n) is 10.9. The molecule has 1 unspecified atom stereocenters. The Labute approximate surface area is 119 Å². The number of aliphatic hydroxyl groups excluding tert-OH is 1. The molecular formula is C15H19ClN2O. The van der Waals surface area contributed by atoms with Crippen LogP contribution >= 0.6 is 11.6 Å². The maximum atomic E-state index is 10.3. The lowest BCUT2D eigenvalue weighted by Crippen LogP contribution is -2.31. The van der Waals surface area contributed by atoms with Crippen LogP contribution in [0.15, 0.2) is 24.3 Å². The van der Waals surface area contributed by atoms with Gasteiger partial charge in [-0.05, 0) is 36.5 Å². The van der Waals surface area contributed by atoms with Crippen LogP contribution in [0.5, 0.6) is 0 Å². The summed E-state index contributed by atoms with van der Waals surface area (Å²) >= 11 is 5.94. The van der Waals surface area contributed by atoms with E-state index in [4.69, 9.17) is 16.9 Å². The average Bonchev–Trinajstić information content (AvgIpc) is 3.20. The minimum Gasteiger partial charge on any atom is -0.387 e. The largest absolute Gasteiger partial charge is 0.387 e. The molecule has 1 aliphatic carbocycles. The minimum atomic E-state index is -0.545. The highest BCUT2D eigenvalue weighted by Crippen LogP contribution is 2.30. The first-order chi connectivity index (χ1) is 9.19. The molecule has 0 aromatic heterocycles. The lowest BCUT2D eigenvalue weighted by molar-refractivity contribution is 0.111. The van der Waals surface area contributed by atoms with E-state index < -0.39 is 6.10 Å². The maximum Gasteiger partial charge on any atom is 0.0917 e. The van der Waals surface area contributed by atoms with Crippen LogP contribution in [0, 0.1) is 17.2 Å². The lowest BCUT2D eigenvalue weighted by Gasteiger charge is -2.24. The van der Waals surface area contributed by atoms with Gasteiger partial charge in [-0.2, -0.15) is 5.26 Å². The molecule has 1 aromatic rings. The van der Waals surface area contributed by atoms with E-state index in [1.165, 1.54) is 12.8 Å². The summed E-state index contributed by atoms with van der Waals surface area (Å²) in [5, 5.41) is 19.6. The number of nitriles is 1. The molecular weight excluding hydrogens is 260 g/mol. The Balaban J connectivity index is 1.92. The summed E-state index contributed by atoms with van der Waals surface area (Å²) in [7, 11) is 0. The van der Waals surface area contributed by atoms with Gasteiger partial charge in [0.2, 0.25) is 0 Å². The Kier molecular flexibility index (Phi) is 5.21. The fourth-order valence-electron chi connectivity index (χ4n) is 2.19. The molecule has 1 atom stereocenters. The van der Waals surface area contributed by atoms with Gasteiger partial charge in [0, 0.05) is 31.1 Å². The summed E-state index contributed by atoms with van der Waals surface area (Å²) < 4.78 is 0. The first-order valence-electron chi connectivity index (χ1n) is 6.72. The number of benzene rings is 1. The third-order valence-electron chi connectivity index (χ3n) is 3.42. The van der Waals surface area contributed by atoms with Gasteiger partial charge in [0.25, 0.3) is 0 Å². The van der Waals surface area contributed by atoms with Crippen molar-refractivity contribution in [2.45, 2.75) is 25.4 Å². The Morgan fingerprint density at radius 3 is 2.89 bits per heavy atom. The second kappa shape index (κ2) is 6.91. The standard InChI is InChI=1S/C15H19ClN2O/c16-14-4-1-3-13(9-14)15(19)11-18(8-2-7-17)10-12-5-6-12/h1,3-4,9,12,15,19H,2,5-6,8,10-11H2. The first kappa shape index (κ1) is 14.3. The third-order valence-corrected chi connectivity index (χ3v) is 3.65. The highest BCUT2D eigenvalue weighted by Gasteiger charge is 2.25. The molecule has 0 radical (unpaired) electrons. The molecule has 1 fully saturated rings. The van der Waals surface area contributed by atoms with E-state index in [-0.39, 0.29) is 0 Å². The van der Waals surface area contributed by atoms with E-state index in [9.17, 15) is 5.11 Å². The third kappa shape index (κ3) is 4.83. The van der Waals surface area contributed by atoms with Crippen molar-refractivity contribution in [3.8, 4) is 6.07 Å². The van der Waals surface area contributed by atoms with E-state index in [1.54, 1.807) is 12.1 Å². The predicted molar refractivity (Wildman–Crippen MR) is 75.8 cm³/mol. The molecule has 2 rings (SSSR count). The summed E-state index contributed by atoms with van der Waals surface area (Å²) in [6.07, 6.45) is 2.51. The van der Waals surface area contributed by atoms with E-state index in [0.717, 1.165) is 24.6 Å². The van der Waals surface area contributed by atoms with Crippen LogP contribution in [0.3, 0.4) is 0 Å². The van der Waals surface area contributed by atoms with Crippen LogP contribution in [0.1, 0.15) is 30.9 Å². The van der Waals surface area contributed by atoms with Crippen molar-refractivity contribution < 1.29 is 5.11 Å². The molecule has 0 amide bonds. The number of hydrogen-bond donors (Lipinski definition) is 1. The van der Waals surface area contributed by atoms with Gasteiger partial charge in [-0.25, -0.2) is 0 Å². The molecule has 19 heavy (non-hydrogen) atoms. The second-order valence-electron chi connectivity index (χ2n) is 5.18. The molecule has 1 saturated carbocycles. The Bertz CT molecular complexity index is 454. The Morgan fingerprint density at radius 2 is 2.26 bits per heavy atom. The smallest absolute Gasteiger partial charge is 0.0917 e. The van der Waals surface area contributed by atoms with Crippen molar-refractivity contribution in [1.82, 2.24) is 4.90 Å². The molecule has 102 valence electrons. The maximum absolute atomic E-state index is 10.3. The van der Waals surface area contributed by atoms with Gasteiger partial charge < -0.3 is 5.11 Å². The average molecular weight is 279 g/mol. The highest BCUT2D eigenvalue weighted by atomic mass is 35.5. The summed E-state index contributed by atoms with van der Waals surface area (Å²) in [4.78, 5) is 2.19.